The normalized spacial score (nSPS) is 13.3. The maximum Gasteiger partial charge on any atom is 0.240 e. The first-order valence-electron chi connectivity index (χ1n) is 5.03. The zero-order chi connectivity index (χ0) is 13.8. The topological polar surface area (TPSA) is 95.9 Å². The van der Waals surface area contributed by atoms with E-state index in [1.807, 2.05) is 0 Å². The highest BCUT2D eigenvalue weighted by atomic mass is 35.5. The lowest BCUT2D eigenvalue weighted by molar-refractivity contribution is 0.0988. The van der Waals surface area contributed by atoms with Gasteiger partial charge in [0.2, 0.25) is 10.0 Å². The van der Waals surface area contributed by atoms with Crippen molar-refractivity contribution in [3.63, 3.8) is 0 Å². The molecule has 0 aliphatic carbocycles. The third-order valence-corrected chi connectivity index (χ3v) is 3.87. The first-order chi connectivity index (χ1) is 8.40. The number of aliphatic hydroxyl groups is 2. The maximum absolute atomic E-state index is 11.8. The second-order valence-corrected chi connectivity index (χ2v) is 5.66. The van der Waals surface area contributed by atoms with Crippen LogP contribution in [-0.4, -0.2) is 45.0 Å². The molecule has 0 saturated heterocycles. The number of halogens is 1. The molecule has 0 radical (unpaired) electrons. The van der Waals surface area contributed by atoms with Crippen molar-refractivity contribution in [2.75, 3.05) is 20.3 Å². The highest BCUT2D eigenvalue weighted by Gasteiger charge is 2.17. The van der Waals surface area contributed by atoms with E-state index in [2.05, 4.69) is 4.72 Å². The van der Waals surface area contributed by atoms with Crippen LogP contribution in [0.4, 0.5) is 0 Å². The van der Waals surface area contributed by atoms with Crippen LogP contribution in [0.2, 0.25) is 5.02 Å². The van der Waals surface area contributed by atoms with Crippen LogP contribution in [0.5, 0.6) is 5.75 Å². The van der Waals surface area contributed by atoms with Gasteiger partial charge in [-0.25, -0.2) is 13.1 Å². The van der Waals surface area contributed by atoms with Crippen molar-refractivity contribution in [3.8, 4) is 5.75 Å². The van der Waals surface area contributed by atoms with Gasteiger partial charge in [-0.2, -0.15) is 0 Å². The summed E-state index contributed by atoms with van der Waals surface area (Å²) in [6, 6.07) is 4.01. The van der Waals surface area contributed by atoms with Crippen LogP contribution in [0.15, 0.2) is 23.1 Å². The van der Waals surface area contributed by atoms with Crippen LogP contribution in [-0.2, 0) is 10.0 Å². The number of aliphatic hydroxyl groups excluding tert-OH is 2. The van der Waals surface area contributed by atoms with Crippen molar-refractivity contribution >= 4 is 21.6 Å². The van der Waals surface area contributed by atoms with Crippen LogP contribution >= 0.6 is 11.6 Å². The largest absolute Gasteiger partial charge is 0.495 e. The number of benzene rings is 1. The molecule has 8 heteroatoms. The molecule has 0 saturated carbocycles. The van der Waals surface area contributed by atoms with E-state index in [-0.39, 0.29) is 16.5 Å². The van der Waals surface area contributed by atoms with E-state index in [1.54, 1.807) is 0 Å². The minimum atomic E-state index is -3.77. The lowest BCUT2D eigenvalue weighted by Crippen LogP contribution is -2.33. The Kier molecular flexibility index (Phi) is 5.36. The van der Waals surface area contributed by atoms with Gasteiger partial charge in [-0.3, -0.25) is 0 Å². The molecular weight excluding hydrogens is 282 g/mol. The Morgan fingerprint density at radius 1 is 1.50 bits per heavy atom. The predicted octanol–water partition coefficient (Wildman–Crippen LogP) is -0.0199. The van der Waals surface area contributed by atoms with Gasteiger partial charge in [0.25, 0.3) is 0 Å². The average Bonchev–Trinajstić information content (AvgIpc) is 2.35. The van der Waals surface area contributed by atoms with Crippen LogP contribution in [0.3, 0.4) is 0 Å². The average molecular weight is 296 g/mol. The summed E-state index contributed by atoms with van der Waals surface area (Å²) in [6.45, 7) is -0.797. The standard InChI is InChI=1S/C10H14ClNO5S/c1-17-10-3-2-8(4-9(10)11)18(15,16)12-5-7(14)6-13/h2-4,7,12-14H,5-6H2,1H3. The summed E-state index contributed by atoms with van der Waals surface area (Å²) in [6.07, 6.45) is -1.14. The van der Waals surface area contributed by atoms with Crippen molar-refractivity contribution in [1.82, 2.24) is 4.72 Å². The molecule has 1 aromatic rings. The van der Waals surface area contributed by atoms with Gasteiger partial charge in [0.05, 0.1) is 29.7 Å². The fraction of sp³-hybridized carbons (Fsp3) is 0.400. The molecule has 3 N–H and O–H groups in total. The van der Waals surface area contributed by atoms with Gasteiger partial charge in [0.1, 0.15) is 5.75 Å². The molecule has 0 aliphatic rings. The van der Waals surface area contributed by atoms with E-state index >= 15 is 0 Å². The highest BCUT2D eigenvalue weighted by molar-refractivity contribution is 7.89. The molecule has 0 fully saturated rings. The fourth-order valence-electron chi connectivity index (χ4n) is 1.17. The van der Waals surface area contributed by atoms with Gasteiger partial charge in [-0.05, 0) is 18.2 Å². The third-order valence-electron chi connectivity index (χ3n) is 2.15. The van der Waals surface area contributed by atoms with Gasteiger partial charge >= 0.3 is 0 Å². The lowest BCUT2D eigenvalue weighted by atomic mass is 10.3. The van der Waals surface area contributed by atoms with E-state index in [4.69, 9.17) is 26.6 Å². The van der Waals surface area contributed by atoms with Crippen molar-refractivity contribution in [1.29, 1.82) is 0 Å². The Labute approximate surface area is 110 Å². The van der Waals surface area contributed by atoms with Crippen molar-refractivity contribution in [3.05, 3.63) is 23.2 Å². The summed E-state index contributed by atoms with van der Waals surface area (Å²) in [7, 11) is -2.35. The molecular formula is C10H14ClNO5S. The Bertz CT molecular complexity index is 505. The molecule has 0 spiro atoms. The van der Waals surface area contributed by atoms with Gasteiger partial charge in [0, 0.05) is 6.54 Å². The van der Waals surface area contributed by atoms with Crippen LogP contribution in [0.25, 0.3) is 0 Å². The Hall–Kier alpha value is -0.860. The first-order valence-corrected chi connectivity index (χ1v) is 6.89. The molecule has 1 atom stereocenters. The third kappa shape index (κ3) is 3.82. The Morgan fingerprint density at radius 2 is 2.17 bits per heavy atom. The molecule has 18 heavy (non-hydrogen) atoms. The molecule has 0 heterocycles. The Morgan fingerprint density at radius 3 is 2.67 bits per heavy atom. The number of hydrogen-bond donors (Lipinski definition) is 3. The van der Waals surface area contributed by atoms with E-state index in [0.717, 1.165) is 0 Å². The molecule has 0 bridgehead atoms. The Balaban J connectivity index is 2.88. The molecule has 1 rings (SSSR count). The zero-order valence-electron chi connectivity index (χ0n) is 9.63. The van der Waals surface area contributed by atoms with Gasteiger partial charge < -0.3 is 14.9 Å². The first kappa shape index (κ1) is 15.2. The summed E-state index contributed by atoms with van der Waals surface area (Å²) in [5, 5.41) is 17.8. The van der Waals surface area contributed by atoms with E-state index in [1.165, 1.54) is 25.3 Å². The van der Waals surface area contributed by atoms with Gasteiger partial charge in [0.15, 0.2) is 0 Å². The SMILES string of the molecule is COc1ccc(S(=O)(=O)NCC(O)CO)cc1Cl. The minimum absolute atomic E-state index is 0.0431. The minimum Gasteiger partial charge on any atom is -0.495 e. The van der Waals surface area contributed by atoms with Crippen LogP contribution < -0.4 is 9.46 Å². The smallest absolute Gasteiger partial charge is 0.240 e. The zero-order valence-corrected chi connectivity index (χ0v) is 11.2. The van der Waals surface area contributed by atoms with Crippen molar-refractivity contribution in [2.45, 2.75) is 11.0 Å². The summed E-state index contributed by atoms with van der Waals surface area (Å²) < 4.78 is 30.7. The molecule has 0 aromatic heterocycles. The highest BCUT2D eigenvalue weighted by Crippen LogP contribution is 2.26. The van der Waals surface area contributed by atoms with Gasteiger partial charge in [-0.1, -0.05) is 11.6 Å². The van der Waals surface area contributed by atoms with Crippen LogP contribution in [0.1, 0.15) is 0 Å². The van der Waals surface area contributed by atoms with E-state index in [0.29, 0.717) is 5.75 Å². The second-order valence-electron chi connectivity index (χ2n) is 3.48. The van der Waals surface area contributed by atoms with E-state index < -0.39 is 22.7 Å². The number of hydrogen-bond acceptors (Lipinski definition) is 5. The molecule has 0 amide bonds. The number of ether oxygens (including phenoxy) is 1. The second kappa shape index (κ2) is 6.35. The number of rotatable bonds is 6. The van der Waals surface area contributed by atoms with Gasteiger partial charge in [-0.15, -0.1) is 0 Å². The summed E-state index contributed by atoms with van der Waals surface area (Å²) in [5.74, 6) is 0.367. The number of sulfonamides is 1. The van der Waals surface area contributed by atoms with E-state index in [9.17, 15) is 8.42 Å². The van der Waals surface area contributed by atoms with Crippen LogP contribution in [0, 0.1) is 0 Å². The number of methoxy groups -OCH3 is 1. The quantitative estimate of drug-likeness (QED) is 0.685. The summed E-state index contributed by atoms with van der Waals surface area (Å²) >= 11 is 5.82. The summed E-state index contributed by atoms with van der Waals surface area (Å²) in [5.41, 5.74) is 0. The predicted molar refractivity (Wildman–Crippen MR) is 66.3 cm³/mol. The summed E-state index contributed by atoms with van der Waals surface area (Å²) in [4.78, 5) is -0.0431. The molecule has 1 unspecified atom stereocenters. The molecule has 1 aromatic carbocycles. The van der Waals surface area contributed by atoms with Crippen molar-refractivity contribution < 1.29 is 23.4 Å². The maximum atomic E-state index is 11.8. The fourth-order valence-corrected chi connectivity index (χ4v) is 2.59. The molecule has 6 nitrogen and oxygen atoms in total. The lowest BCUT2D eigenvalue weighted by Gasteiger charge is -2.11. The van der Waals surface area contributed by atoms with Crippen molar-refractivity contribution in [2.24, 2.45) is 0 Å². The number of nitrogens with one attached hydrogen (secondary N) is 1. The molecule has 102 valence electrons. The monoisotopic (exact) mass is 295 g/mol. The molecule has 0 aliphatic heterocycles.